The summed E-state index contributed by atoms with van der Waals surface area (Å²) in [6, 6.07) is 1.48. The Bertz CT molecular complexity index is 437. The van der Waals surface area contributed by atoms with Crippen molar-refractivity contribution in [3.05, 3.63) is 24.2 Å². The maximum absolute atomic E-state index is 9.77. The van der Waals surface area contributed by atoms with Crippen molar-refractivity contribution in [2.75, 3.05) is 0 Å². The molecule has 2 heterocycles. The lowest BCUT2D eigenvalue weighted by Gasteiger charge is -2.12. The number of rotatable bonds is 2. The van der Waals surface area contributed by atoms with Crippen molar-refractivity contribution in [3.63, 3.8) is 0 Å². The molecule has 5 heteroatoms. The first-order chi connectivity index (χ1) is 6.70. The Kier molecular flexibility index (Phi) is 2.18. The van der Waals surface area contributed by atoms with E-state index in [1.54, 1.807) is 25.4 Å². The largest absolute Gasteiger partial charge is 0.385 e. The predicted octanol–water partition coefficient (Wildman–Crippen LogP) is 0.338. The van der Waals surface area contributed by atoms with Gasteiger partial charge in [0.15, 0.2) is 0 Å². The van der Waals surface area contributed by atoms with Gasteiger partial charge in [-0.25, -0.2) is 0 Å². The van der Waals surface area contributed by atoms with Crippen molar-refractivity contribution < 1.29 is 5.11 Å². The van der Waals surface area contributed by atoms with Crippen molar-refractivity contribution in [3.8, 4) is 0 Å². The van der Waals surface area contributed by atoms with Crippen LogP contribution in [0.1, 0.15) is 18.7 Å². The van der Waals surface area contributed by atoms with Gasteiger partial charge in [0, 0.05) is 17.6 Å². The lowest BCUT2D eigenvalue weighted by molar-refractivity contribution is 0.150. The smallest absolute Gasteiger partial charge is 0.111 e. The SMILES string of the molecule is CC(N)C(O)c1[nH]nc2cnccc12. The highest BCUT2D eigenvalue weighted by Gasteiger charge is 2.17. The predicted molar refractivity (Wildman–Crippen MR) is 52.5 cm³/mol. The lowest BCUT2D eigenvalue weighted by atomic mass is 10.1. The third-order valence-corrected chi connectivity index (χ3v) is 2.18. The van der Waals surface area contributed by atoms with Gasteiger partial charge in [-0.3, -0.25) is 10.1 Å². The highest BCUT2D eigenvalue weighted by atomic mass is 16.3. The number of nitrogens with zero attached hydrogens (tertiary/aromatic N) is 2. The molecule has 14 heavy (non-hydrogen) atoms. The van der Waals surface area contributed by atoms with Gasteiger partial charge in [-0.05, 0) is 13.0 Å². The Hall–Kier alpha value is -1.46. The van der Waals surface area contributed by atoms with Gasteiger partial charge < -0.3 is 10.8 Å². The number of pyridine rings is 1. The van der Waals surface area contributed by atoms with Gasteiger partial charge >= 0.3 is 0 Å². The van der Waals surface area contributed by atoms with E-state index in [2.05, 4.69) is 15.2 Å². The minimum atomic E-state index is -0.720. The molecule has 4 N–H and O–H groups in total. The van der Waals surface area contributed by atoms with Crippen LogP contribution in [0.15, 0.2) is 18.5 Å². The standard InChI is InChI=1S/C9H12N4O/c1-5(10)9(14)8-6-2-3-11-4-7(6)12-13-8/h2-5,9,14H,10H2,1H3,(H,12,13). The van der Waals surface area contributed by atoms with E-state index in [1.807, 2.05) is 0 Å². The molecule has 5 nitrogen and oxygen atoms in total. The number of nitrogens with one attached hydrogen (secondary N) is 1. The number of fused-ring (bicyclic) bond motifs is 1. The van der Waals surface area contributed by atoms with E-state index in [9.17, 15) is 5.11 Å². The molecule has 0 saturated carbocycles. The van der Waals surface area contributed by atoms with Crippen LogP contribution in [0.3, 0.4) is 0 Å². The van der Waals surface area contributed by atoms with Crippen LogP contribution in [0.5, 0.6) is 0 Å². The topological polar surface area (TPSA) is 87.8 Å². The Balaban J connectivity index is 2.53. The molecule has 0 aromatic carbocycles. The van der Waals surface area contributed by atoms with Crippen LogP contribution in [0.4, 0.5) is 0 Å². The second-order valence-corrected chi connectivity index (χ2v) is 3.33. The van der Waals surface area contributed by atoms with Crippen LogP contribution < -0.4 is 5.73 Å². The molecule has 0 spiro atoms. The summed E-state index contributed by atoms with van der Waals surface area (Å²) in [6.07, 6.45) is 2.58. The number of nitrogens with two attached hydrogens (primary N) is 1. The number of hydrogen-bond acceptors (Lipinski definition) is 4. The van der Waals surface area contributed by atoms with Crippen molar-refractivity contribution in [2.24, 2.45) is 5.73 Å². The zero-order chi connectivity index (χ0) is 10.1. The first-order valence-corrected chi connectivity index (χ1v) is 4.42. The zero-order valence-electron chi connectivity index (χ0n) is 7.81. The molecule has 2 unspecified atom stereocenters. The molecule has 0 radical (unpaired) electrons. The van der Waals surface area contributed by atoms with E-state index in [0.29, 0.717) is 5.69 Å². The second-order valence-electron chi connectivity index (χ2n) is 3.33. The van der Waals surface area contributed by atoms with Crippen LogP contribution in [-0.2, 0) is 0 Å². The average molecular weight is 192 g/mol. The van der Waals surface area contributed by atoms with Crippen molar-refractivity contribution >= 4 is 10.9 Å². The quantitative estimate of drug-likeness (QED) is 0.640. The average Bonchev–Trinajstić information content (AvgIpc) is 2.60. The van der Waals surface area contributed by atoms with Crippen molar-refractivity contribution in [1.82, 2.24) is 15.2 Å². The number of aliphatic hydroxyl groups excluding tert-OH is 1. The van der Waals surface area contributed by atoms with Gasteiger partial charge in [-0.15, -0.1) is 0 Å². The summed E-state index contributed by atoms with van der Waals surface area (Å²) in [5, 5.41) is 17.4. The van der Waals surface area contributed by atoms with Crippen LogP contribution in [0.25, 0.3) is 10.9 Å². The fourth-order valence-corrected chi connectivity index (χ4v) is 1.37. The van der Waals surface area contributed by atoms with E-state index >= 15 is 0 Å². The molecular weight excluding hydrogens is 180 g/mol. The first kappa shape index (κ1) is 9.11. The Labute approximate surface area is 81.0 Å². The Morgan fingerprint density at radius 3 is 3.07 bits per heavy atom. The van der Waals surface area contributed by atoms with Gasteiger partial charge in [0.1, 0.15) is 11.6 Å². The number of H-pyrrole nitrogens is 1. The van der Waals surface area contributed by atoms with E-state index in [-0.39, 0.29) is 6.04 Å². The summed E-state index contributed by atoms with van der Waals surface area (Å²) in [5.41, 5.74) is 6.99. The van der Waals surface area contributed by atoms with Crippen LogP contribution >= 0.6 is 0 Å². The molecule has 0 amide bonds. The van der Waals surface area contributed by atoms with E-state index < -0.39 is 6.10 Å². The lowest BCUT2D eigenvalue weighted by Crippen LogP contribution is -2.24. The molecule has 0 aliphatic heterocycles. The second kappa shape index (κ2) is 3.36. The van der Waals surface area contributed by atoms with Gasteiger partial charge in [0.05, 0.1) is 11.9 Å². The molecule has 0 saturated heterocycles. The van der Waals surface area contributed by atoms with Crippen LogP contribution in [0, 0.1) is 0 Å². The molecule has 2 aromatic rings. The highest BCUT2D eigenvalue weighted by Crippen LogP contribution is 2.21. The molecular formula is C9H12N4O. The fourth-order valence-electron chi connectivity index (χ4n) is 1.37. The normalized spacial score (nSPS) is 15.6. The van der Waals surface area contributed by atoms with E-state index in [0.717, 1.165) is 10.9 Å². The monoisotopic (exact) mass is 192 g/mol. The number of hydrogen-bond donors (Lipinski definition) is 3. The van der Waals surface area contributed by atoms with Crippen molar-refractivity contribution in [1.29, 1.82) is 0 Å². The van der Waals surface area contributed by atoms with Crippen molar-refractivity contribution in [2.45, 2.75) is 19.1 Å². The summed E-state index contributed by atoms with van der Waals surface area (Å²) in [6.45, 7) is 1.75. The molecule has 2 rings (SSSR count). The maximum Gasteiger partial charge on any atom is 0.111 e. The number of aliphatic hydroxyl groups is 1. The molecule has 2 aromatic heterocycles. The van der Waals surface area contributed by atoms with Gasteiger partial charge in [-0.2, -0.15) is 5.10 Å². The maximum atomic E-state index is 9.77. The number of aromatic nitrogens is 3. The summed E-state index contributed by atoms with van der Waals surface area (Å²) in [4.78, 5) is 3.94. The molecule has 0 fully saturated rings. The Morgan fingerprint density at radius 2 is 2.36 bits per heavy atom. The Morgan fingerprint density at radius 1 is 1.57 bits per heavy atom. The third-order valence-electron chi connectivity index (χ3n) is 2.18. The van der Waals surface area contributed by atoms with Gasteiger partial charge in [0.2, 0.25) is 0 Å². The summed E-state index contributed by atoms with van der Waals surface area (Å²) in [5.74, 6) is 0. The fraction of sp³-hybridized carbons (Fsp3) is 0.333. The molecule has 0 aliphatic rings. The highest BCUT2D eigenvalue weighted by molar-refractivity contribution is 5.80. The summed E-state index contributed by atoms with van der Waals surface area (Å²) in [7, 11) is 0. The molecule has 2 atom stereocenters. The summed E-state index contributed by atoms with van der Waals surface area (Å²) < 4.78 is 0. The molecule has 74 valence electrons. The van der Waals surface area contributed by atoms with E-state index in [1.165, 1.54) is 0 Å². The first-order valence-electron chi connectivity index (χ1n) is 4.42. The number of aromatic amines is 1. The van der Waals surface area contributed by atoms with Crippen LogP contribution in [-0.4, -0.2) is 26.3 Å². The molecule has 0 aliphatic carbocycles. The van der Waals surface area contributed by atoms with E-state index in [4.69, 9.17) is 5.73 Å². The van der Waals surface area contributed by atoms with Gasteiger partial charge in [0.25, 0.3) is 0 Å². The third kappa shape index (κ3) is 1.36. The summed E-state index contributed by atoms with van der Waals surface area (Å²) >= 11 is 0. The van der Waals surface area contributed by atoms with Crippen LogP contribution in [0.2, 0.25) is 0 Å². The van der Waals surface area contributed by atoms with Gasteiger partial charge in [-0.1, -0.05) is 0 Å². The zero-order valence-corrected chi connectivity index (χ0v) is 7.81. The molecule has 0 bridgehead atoms. The minimum absolute atomic E-state index is 0.327. The minimum Gasteiger partial charge on any atom is -0.385 e.